The first-order valence-electron chi connectivity index (χ1n) is 6.36. The summed E-state index contributed by atoms with van der Waals surface area (Å²) in [5.74, 6) is 4.93. The van der Waals surface area contributed by atoms with Crippen molar-refractivity contribution in [2.45, 2.75) is 10.2 Å². The molecule has 6 heteroatoms. The number of terminal acetylenes is 2. The molecule has 0 spiro atoms. The molecule has 0 aliphatic heterocycles. The molecular weight excluding hydrogens is 363 g/mol. The van der Waals surface area contributed by atoms with Crippen LogP contribution in [-0.2, 0) is 10.0 Å². The Morgan fingerprint density at radius 1 is 1.23 bits per heavy atom. The quantitative estimate of drug-likeness (QED) is 0.574. The number of nitrogens with zero attached hydrogens (tertiary/aromatic N) is 2. The Morgan fingerprint density at radius 3 is 2.68 bits per heavy atom. The molecule has 22 heavy (non-hydrogen) atoms. The third-order valence-electron chi connectivity index (χ3n) is 2.96. The average molecular weight is 377 g/mol. The van der Waals surface area contributed by atoms with E-state index < -0.39 is 10.0 Å². The maximum absolute atomic E-state index is 12.4. The Bertz CT molecular complexity index is 879. The van der Waals surface area contributed by atoms with E-state index >= 15 is 0 Å². The molecule has 0 bridgehead atoms. The molecule has 0 aliphatic carbocycles. The van der Waals surface area contributed by atoms with E-state index in [1.54, 1.807) is 18.2 Å². The summed E-state index contributed by atoms with van der Waals surface area (Å²) in [4.78, 5) is 4.72. The molecule has 0 amide bonds. The molecule has 0 aliphatic rings. The van der Waals surface area contributed by atoms with Gasteiger partial charge in [0.15, 0.2) is 0 Å². The first-order chi connectivity index (χ1) is 10.5. The number of rotatable bonds is 5. The van der Waals surface area contributed by atoms with Crippen LogP contribution in [0, 0.1) is 24.7 Å². The van der Waals surface area contributed by atoms with E-state index in [1.165, 1.54) is 7.05 Å². The van der Waals surface area contributed by atoms with Gasteiger partial charge in [-0.25, -0.2) is 0 Å². The average Bonchev–Trinajstić information content (AvgIpc) is 2.52. The molecule has 0 N–H and O–H groups in total. The van der Waals surface area contributed by atoms with Crippen molar-refractivity contribution < 1.29 is 8.42 Å². The maximum atomic E-state index is 12.4. The van der Waals surface area contributed by atoms with Crippen LogP contribution in [0.15, 0.2) is 35.2 Å². The Morgan fingerprint density at radius 2 is 2.00 bits per heavy atom. The van der Waals surface area contributed by atoms with Crippen LogP contribution in [0.2, 0.25) is 5.32 Å². The molecule has 2 rings (SSSR count). The molecule has 1 aromatic heterocycles. The second-order valence-corrected chi connectivity index (χ2v) is 8.60. The zero-order valence-electron chi connectivity index (χ0n) is 12.0. The molecule has 112 valence electrons. The molecular formula is C16H14N2O2SSe. The number of pyridine rings is 1. The number of hydrogen-bond acceptors (Lipinski definition) is 3. The van der Waals surface area contributed by atoms with Crippen LogP contribution in [0.5, 0.6) is 0 Å². The number of benzene rings is 1. The normalized spacial score (nSPS) is 11.3. The van der Waals surface area contributed by atoms with Crippen molar-refractivity contribution in [2.24, 2.45) is 0 Å². The van der Waals surface area contributed by atoms with E-state index in [2.05, 4.69) is 16.8 Å². The Labute approximate surface area is 137 Å². The summed E-state index contributed by atoms with van der Waals surface area (Å²) in [5.41, 5.74) is 0.759. The minimum absolute atomic E-state index is 0.0339. The van der Waals surface area contributed by atoms with Gasteiger partial charge in [-0.15, -0.1) is 0 Å². The van der Waals surface area contributed by atoms with Gasteiger partial charge in [0.2, 0.25) is 0 Å². The Balaban J connectivity index is 2.40. The third kappa shape index (κ3) is 3.50. The monoisotopic (exact) mass is 378 g/mol. The first-order valence-corrected chi connectivity index (χ1v) is 9.86. The third-order valence-corrected chi connectivity index (χ3v) is 6.51. The van der Waals surface area contributed by atoms with Crippen LogP contribution in [0.1, 0.15) is 0 Å². The van der Waals surface area contributed by atoms with Crippen molar-refractivity contribution in [1.82, 2.24) is 9.29 Å². The zero-order chi connectivity index (χ0) is 16.2. The summed E-state index contributed by atoms with van der Waals surface area (Å²) >= 11 is 0.140. The fourth-order valence-corrected chi connectivity index (χ4v) is 4.13. The molecule has 4 nitrogen and oxygen atoms in total. The van der Waals surface area contributed by atoms with Crippen LogP contribution < -0.4 is 4.59 Å². The van der Waals surface area contributed by atoms with Gasteiger partial charge in [-0.2, -0.15) is 0 Å². The summed E-state index contributed by atoms with van der Waals surface area (Å²) in [7, 11) is -2.12. The van der Waals surface area contributed by atoms with Crippen molar-refractivity contribution in [3.05, 3.63) is 30.3 Å². The van der Waals surface area contributed by atoms with Crippen LogP contribution in [-0.4, -0.2) is 46.3 Å². The molecule has 1 heterocycles. The SMILES string of the molecule is C#CC[Se]c1ccc2cc(S(=O)(=O)N(C)CC#C)ccc2n1. The van der Waals surface area contributed by atoms with Crippen LogP contribution in [0.4, 0.5) is 0 Å². The van der Waals surface area contributed by atoms with Crippen molar-refractivity contribution in [1.29, 1.82) is 0 Å². The molecule has 0 saturated heterocycles. The van der Waals surface area contributed by atoms with Crippen LogP contribution in [0.25, 0.3) is 10.9 Å². The Hall–Kier alpha value is -1.82. The van der Waals surface area contributed by atoms with E-state index in [4.69, 9.17) is 12.8 Å². The van der Waals surface area contributed by atoms with E-state index in [-0.39, 0.29) is 26.4 Å². The molecule has 1 aromatic carbocycles. The van der Waals surface area contributed by atoms with E-state index in [0.717, 1.165) is 19.8 Å². The predicted octanol–water partition coefficient (Wildman–Crippen LogP) is 0.870. The van der Waals surface area contributed by atoms with Gasteiger partial charge in [0, 0.05) is 0 Å². The summed E-state index contributed by atoms with van der Waals surface area (Å²) in [6.45, 7) is 0.0339. The van der Waals surface area contributed by atoms with Crippen molar-refractivity contribution >= 4 is 40.5 Å². The van der Waals surface area contributed by atoms with Gasteiger partial charge in [0.05, 0.1) is 0 Å². The van der Waals surface area contributed by atoms with Gasteiger partial charge in [-0.05, 0) is 0 Å². The second-order valence-electron chi connectivity index (χ2n) is 4.46. The first kappa shape index (κ1) is 16.5. The number of hydrogen-bond donors (Lipinski definition) is 0. The van der Waals surface area contributed by atoms with Gasteiger partial charge in [-0.1, -0.05) is 0 Å². The second kappa shape index (κ2) is 6.96. The fourth-order valence-electron chi connectivity index (χ4n) is 1.83. The van der Waals surface area contributed by atoms with Crippen molar-refractivity contribution in [3.8, 4) is 24.7 Å². The van der Waals surface area contributed by atoms with Gasteiger partial charge in [0.25, 0.3) is 0 Å². The van der Waals surface area contributed by atoms with Crippen molar-refractivity contribution in [3.63, 3.8) is 0 Å². The standard InChI is InChI=1S/C16H14N2O2SSe/c1-4-10-18(3)21(19,20)14-7-8-15-13(12-14)6-9-16(17-15)22-11-5-2/h1-2,6-9,12H,10-11H2,3H3. The van der Waals surface area contributed by atoms with E-state index in [9.17, 15) is 8.42 Å². The number of sulfonamides is 1. The van der Waals surface area contributed by atoms with E-state index in [0.29, 0.717) is 5.32 Å². The number of fused-ring (bicyclic) bond motifs is 1. The van der Waals surface area contributed by atoms with Crippen LogP contribution in [0.3, 0.4) is 0 Å². The summed E-state index contributed by atoms with van der Waals surface area (Å²) < 4.78 is 26.8. The van der Waals surface area contributed by atoms with Gasteiger partial charge < -0.3 is 0 Å². The van der Waals surface area contributed by atoms with Crippen molar-refractivity contribution in [2.75, 3.05) is 13.6 Å². The zero-order valence-corrected chi connectivity index (χ0v) is 14.5. The summed E-state index contributed by atoms with van der Waals surface area (Å²) in [5, 5.41) is 1.46. The molecule has 0 unspecified atom stereocenters. The number of aromatic nitrogens is 1. The van der Waals surface area contributed by atoms with Gasteiger partial charge >= 0.3 is 137 Å². The summed E-state index contributed by atoms with van der Waals surface area (Å²) in [6, 6.07) is 8.64. The topological polar surface area (TPSA) is 50.3 Å². The van der Waals surface area contributed by atoms with Crippen LogP contribution >= 0.6 is 0 Å². The predicted molar refractivity (Wildman–Crippen MR) is 89.4 cm³/mol. The van der Waals surface area contributed by atoms with Gasteiger partial charge in [-0.3, -0.25) is 0 Å². The molecule has 0 atom stereocenters. The minimum atomic E-state index is -3.58. The fraction of sp³-hybridized carbons (Fsp3) is 0.188. The van der Waals surface area contributed by atoms with E-state index in [1.807, 2.05) is 12.1 Å². The molecule has 0 fully saturated rings. The molecule has 0 radical (unpaired) electrons. The molecule has 0 saturated carbocycles. The Kier molecular flexibility index (Phi) is 5.23. The summed E-state index contributed by atoms with van der Waals surface area (Å²) in [6.07, 6.45) is 10.4. The van der Waals surface area contributed by atoms with Gasteiger partial charge in [0.1, 0.15) is 0 Å². The molecule has 2 aromatic rings.